The monoisotopic (exact) mass is 152 g/mol. The minimum atomic E-state index is -0.380. The highest BCUT2D eigenvalue weighted by atomic mass is 35.5. The largest absolute Gasteiger partial charge is 0.124 e. The summed E-state index contributed by atoms with van der Waals surface area (Å²) < 4.78 is -0.380. The maximum Gasteiger partial charge on any atom is 0.124 e. The van der Waals surface area contributed by atoms with Crippen LogP contribution in [-0.4, -0.2) is 4.33 Å². The van der Waals surface area contributed by atoms with E-state index in [1.165, 1.54) is 0 Å². The second kappa shape index (κ2) is 1.78. The zero-order chi connectivity index (χ0) is 6.36. The van der Waals surface area contributed by atoms with Gasteiger partial charge in [0.2, 0.25) is 0 Å². The third-order valence-corrected chi connectivity index (χ3v) is 3.28. The number of halogens is 2. The molecule has 0 aromatic rings. The fraction of sp³-hybridized carbons (Fsp3) is 1.00. The lowest BCUT2D eigenvalue weighted by Gasteiger charge is -1.90. The van der Waals surface area contributed by atoms with Crippen molar-refractivity contribution in [3.63, 3.8) is 0 Å². The van der Waals surface area contributed by atoms with E-state index in [4.69, 9.17) is 23.2 Å². The first kappa shape index (κ1) is 6.70. The van der Waals surface area contributed by atoms with E-state index in [1.807, 2.05) is 0 Å². The van der Waals surface area contributed by atoms with Crippen molar-refractivity contribution in [1.29, 1.82) is 0 Å². The Morgan fingerprint density at radius 3 is 1.88 bits per heavy atom. The molecule has 0 bridgehead atoms. The molecule has 0 spiro atoms. The van der Waals surface area contributed by atoms with Crippen LogP contribution in [0, 0.1) is 11.8 Å². The van der Waals surface area contributed by atoms with Crippen LogP contribution in [0.4, 0.5) is 0 Å². The molecule has 48 valence electrons. The molecule has 0 N–H and O–H groups in total. The Hall–Kier alpha value is 0.580. The summed E-state index contributed by atoms with van der Waals surface area (Å²) in [5, 5.41) is 0. The third kappa shape index (κ3) is 0.745. The molecule has 1 rings (SSSR count). The molecule has 0 amide bonds. The van der Waals surface area contributed by atoms with E-state index in [-0.39, 0.29) is 4.33 Å². The summed E-state index contributed by atoms with van der Waals surface area (Å²) >= 11 is 11.6. The zero-order valence-electron chi connectivity index (χ0n) is 5.12. The van der Waals surface area contributed by atoms with Gasteiger partial charge in [0.15, 0.2) is 0 Å². The van der Waals surface area contributed by atoms with E-state index in [0.717, 1.165) is 6.42 Å². The molecule has 2 heteroatoms. The van der Waals surface area contributed by atoms with Crippen molar-refractivity contribution < 1.29 is 0 Å². The molecule has 0 heterocycles. The first-order chi connectivity index (χ1) is 3.60. The van der Waals surface area contributed by atoms with Gasteiger partial charge in [-0.1, -0.05) is 20.3 Å². The van der Waals surface area contributed by atoms with Gasteiger partial charge in [0.1, 0.15) is 4.33 Å². The SMILES string of the molecule is CCC1C(C)C1(Cl)Cl. The summed E-state index contributed by atoms with van der Waals surface area (Å²) in [6, 6.07) is 0. The Morgan fingerprint density at radius 2 is 1.88 bits per heavy atom. The van der Waals surface area contributed by atoms with Crippen LogP contribution in [0.25, 0.3) is 0 Å². The molecule has 1 aliphatic rings. The van der Waals surface area contributed by atoms with E-state index in [9.17, 15) is 0 Å². The van der Waals surface area contributed by atoms with Crippen LogP contribution in [0.1, 0.15) is 20.3 Å². The van der Waals surface area contributed by atoms with E-state index < -0.39 is 0 Å². The van der Waals surface area contributed by atoms with E-state index in [0.29, 0.717) is 11.8 Å². The highest BCUT2D eigenvalue weighted by molar-refractivity contribution is 6.51. The minimum absolute atomic E-state index is 0.380. The number of rotatable bonds is 1. The summed E-state index contributed by atoms with van der Waals surface area (Å²) in [7, 11) is 0. The summed E-state index contributed by atoms with van der Waals surface area (Å²) in [6.07, 6.45) is 1.11. The van der Waals surface area contributed by atoms with Crippen molar-refractivity contribution in [3.8, 4) is 0 Å². The van der Waals surface area contributed by atoms with Crippen molar-refractivity contribution in [3.05, 3.63) is 0 Å². The summed E-state index contributed by atoms with van der Waals surface area (Å²) in [4.78, 5) is 0. The average molecular weight is 153 g/mol. The predicted molar refractivity (Wildman–Crippen MR) is 37.4 cm³/mol. The van der Waals surface area contributed by atoms with Crippen molar-refractivity contribution in [1.82, 2.24) is 0 Å². The smallest absolute Gasteiger partial charge is 0.101 e. The van der Waals surface area contributed by atoms with Crippen molar-refractivity contribution in [2.75, 3.05) is 0 Å². The van der Waals surface area contributed by atoms with Gasteiger partial charge in [-0.25, -0.2) is 0 Å². The van der Waals surface area contributed by atoms with E-state index in [1.54, 1.807) is 0 Å². The molecular formula is C6H10Cl2. The lowest BCUT2D eigenvalue weighted by molar-refractivity contribution is 0.722. The summed E-state index contributed by atoms with van der Waals surface area (Å²) in [5.41, 5.74) is 0. The molecule has 0 nitrogen and oxygen atoms in total. The Balaban J connectivity index is 2.45. The third-order valence-electron chi connectivity index (χ3n) is 2.04. The van der Waals surface area contributed by atoms with Gasteiger partial charge < -0.3 is 0 Å². The normalized spacial score (nSPS) is 42.0. The average Bonchev–Trinajstić information content (AvgIpc) is 2.09. The summed E-state index contributed by atoms with van der Waals surface area (Å²) in [5.74, 6) is 1.06. The zero-order valence-corrected chi connectivity index (χ0v) is 6.63. The Bertz CT molecular complexity index is 98.7. The first-order valence-corrected chi connectivity index (χ1v) is 3.74. The van der Waals surface area contributed by atoms with Gasteiger partial charge in [-0.05, 0) is 11.8 Å². The predicted octanol–water partition coefficient (Wildman–Crippen LogP) is 2.84. The second-order valence-electron chi connectivity index (χ2n) is 2.48. The Kier molecular flexibility index (Phi) is 1.49. The minimum Gasteiger partial charge on any atom is -0.101 e. The second-order valence-corrected chi connectivity index (χ2v) is 3.92. The lowest BCUT2D eigenvalue weighted by Crippen LogP contribution is -1.87. The molecule has 8 heavy (non-hydrogen) atoms. The number of alkyl halides is 2. The van der Waals surface area contributed by atoms with Gasteiger partial charge in [-0.3, -0.25) is 0 Å². The van der Waals surface area contributed by atoms with Gasteiger partial charge in [-0.2, -0.15) is 0 Å². The molecule has 0 aromatic carbocycles. The Morgan fingerprint density at radius 1 is 1.50 bits per heavy atom. The molecule has 2 unspecified atom stereocenters. The highest BCUT2D eigenvalue weighted by Crippen LogP contribution is 2.60. The fourth-order valence-corrected chi connectivity index (χ4v) is 2.05. The lowest BCUT2D eigenvalue weighted by atomic mass is 10.3. The molecular weight excluding hydrogens is 143 g/mol. The van der Waals surface area contributed by atoms with E-state index >= 15 is 0 Å². The van der Waals surface area contributed by atoms with Gasteiger partial charge in [0, 0.05) is 0 Å². The maximum absolute atomic E-state index is 5.82. The quantitative estimate of drug-likeness (QED) is 0.508. The molecule has 1 saturated carbocycles. The van der Waals surface area contributed by atoms with Crippen LogP contribution in [0.2, 0.25) is 0 Å². The van der Waals surface area contributed by atoms with Crippen LogP contribution in [0.3, 0.4) is 0 Å². The van der Waals surface area contributed by atoms with Crippen LogP contribution in [-0.2, 0) is 0 Å². The molecule has 0 aromatic heterocycles. The standard InChI is InChI=1S/C6H10Cl2/c1-3-5-4(2)6(5,7)8/h4-5H,3H2,1-2H3. The summed E-state index contributed by atoms with van der Waals surface area (Å²) in [6.45, 7) is 4.21. The molecule has 0 radical (unpaired) electrons. The first-order valence-electron chi connectivity index (χ1n) is 2.98. The van der Waals surface area contributed by atoms with Gasteiger partial charge in [-0.15, -0.1) is 23.2 Å². The van der Waals surface area contributed by atoms with Crippen molar-refractivity contribution in [2.24, 2.45) is 11.8 Å². The maximum atomic E-state index is 5.82. The van der Waals surface area contributed by atoms with Crippen LogP contribution >= 0.6 is 23.2 Å². The number of hydrogen-bond acceptors (Lipinski definition) is 0. The Labute approximate surface area is 60.2 Å². The van der Waals surface area contributed by atoms with Gasteiger partial charge in [0.05, 0.1) is 0 Å². The van der Waals surface area contributed by atoms with Crippen molar-refractivity contribution in [2.45, 2.75) is 24.6 Å². The molecule has 1 aliphatic carbocycles. The van der Waals surface area contributed by atoms with Crippen LogP contribution < -0.4 is 0 Å². The molecule has 0 aliphatic heterocycles. The molecule has 1 fully saturated rings. The van der Waals surface area contributed by atoms with Crippen LogP contribution in [0.5, 0.6) is 0 Å². The highest BCUT2D eigenvalue weighted by Gasteiger charge is 2.58. The van der Waals surface area contributed by atoms with E-state index in [2.05, 4.69) is 13.8 Å². The molecule has 0 saturated heterocycles. The van der Waals surface area contributed by atoms with Gasteiger partial charge >= 0.3 is 0 Å². The topological polar surface area (TPSA) is 0 Å². The van der Waals surface area contributed by atoms with Crippen molar-refractivity contribution >= 4 is 23.2 Å². The number of hydrogen-bond donors (Lipinski definition) is 0. The van der Waals surface area contributed by atoms with Crippen LogP contribution in [0.15, 0.2) is 0 Å². The van der Waals surface area contributed by atoms with Gasteiger partial charge in [0.25, 0.3) is 0 Å². The fourth-order valence-electron chi connectivity index (χ4n) is 1.19. The molecule has 2 atom stereocenters.